The first-order valence-corrected chi connectivity index (χ1v) is 9.67. The van der Waals surface area contributed by atoms with Crippen LogP contribution in [-0.4, -0.2) is 52.6 Å². The summed E-state index contributed by atoms with van der Waals surface area (Å²) in [4.78, 5) is 16.6. The molecular formula is C21H20F2N2O4. The maximum absolute atomic E-state index is 14.7. The van der Waals surface area contributed by atoms with Crippen molar-refractivity contribution >= 4 is 33.3 Å². The van der Waals surface area contributed by atoms with Crippen molar-refractivity contribution in [1.82, 2.24) is 0 Å². The molecule has 3 heterocycles. The number of halogens is 2. The normalized spacial score (nSPS) is 18.0. The molecule has 1 aromatic heterocycles. The van der Waals surface area contributed by atoms with Crippen LogP contribution in [0.15, 0.2) is 33.5 Å². The first kappa shape index (κ1) is 18.3. The third-order valence-corrected chi connectivity index (χ3v) is 5.51. The Labute approximate surface area is 165 Å². The van der Waals surface area contributed by atoms with E-state index in [4.69, 9.17) is 13.9 Å². The van der Waals surface area contributed by atoms with E-state index < -0.39 is 17.1 Å². The second-order valence-corrected chi connectivity index (χ2v) is 7.23. The fraction of sp³-hybridized carbons (Fsp3) is 0.381. The summed E-state index contributed by atoms with van der Waals surface area (Å²) in [6.45, 7) is 4.31. The van der Waals surface area contributed by atoms with Crippen LogP contribution in [0.1, 0.15) is 0 Å². The summed E-state index contributed by atoms with van der Waals surface area (Å²) >= 11 is 0. The van der Waals surface area contributed by atoms with Gasteiger partial charge in [0.25, 0.3) is 0 Å². The molecule has 0 spiro atoms. The quantitative estimate of drug-likeness (QED) is 0.615. The average Bonchev–Trinajstić information content (AvgIpc) is 2.75. The summed E-state index contributed by atoms with van der Waals surface area (Å²) < 4.78 is 46.0. The molecule has 2 aliphatic rings. The summed E-state index contributed by atoms with van der Waals surface area (Å²) in [5.74, 6) is -1.01. The van der Waals surface area contributed by atoms with E-state index in [1.165, 1.54) is 12.1 Å². The Kier molecular flexibility index (Phi) is 4.60. The van der Waals surface area contributed by atoms with Gasteiger partial charge in [0, 0.05) is 38.3 Å². The summed E-state index contributed by atoms with van der Waals surface area (Å²) in [7, 11) is 0. The van der Waals surface area contributed by atoms with Gasteiger partial charge in [0.1, 0.15) is 22.8 Å². The minimum Gasteiger partial charge on any atom is -0.456 e. The van der Waals surface area contributed by atoms with Crippen LogP contribution < -0.4 is 15.2 Å². The van der Waals surface area contributed by atoms with E-state index in [2.05, 4.69) is 0 Å². The molecule has 2 aliphatic heterocycles. The molecule has 2 aromatic carbocycles. The van der Waals surface area contributed by atoms with E-state index in [1.54, 1.807) is 12.1 Å². The van der Waals surface area contributed by atoms with Crippen LogP contribution in [0.3, 0.4) is 0 Å². The van der Waals surface area contributed by atoms with Gasteiger partial charge in [-0.25, -0.2) is 8.78 Å². The Morgan fingerprint density at radius 3 is 1.52 bits per heavy atom. The third-order valence-electron chi connectivity index (χ3n) is 5.51. The number of ether oxygens (including phenoxy) is 2. The third kappa shape index (κ3) is 3.22. The van der Waals surface area contributed by atoms with Crippen LogP contribution in [0, 0.1) is 11.6 Å². The molecule has 0 unspecified atom stereocenters. The summed E-state index contributed by atoms with van der Waals surface area (Å²) in [6.07, 6.45) is 0. The molecule has 0 atom stereocenters. The first-order valence-electron chi connectivity index (χ1n) is 9.67. The van der Waals surface area contributed by atoms with E-state index >= 15 is 0 Å². The Morgan fingerprint density at radius 2 is 1.10 bits per heavy atom. The molecule has 29 heavy (non-hydrogen) atoms. The molecule has 0 radical (unpaired) electrons. The maximum Gasteiger partial charge on any atom is 0.200 e. The van der Waals surface area contributed by atoms with Gasteiger partial charge in [0.2, 0.25) is 5.43 Å². The van der Waals surface area contributed by atoms with Gasteiger partial charge in [-0.15, -0.1) is 0 Å². The lowest BCUT2D eigenvalue weighted by atomic mass is 10.1. The predicted molar refractivity (Wildman–Crippen MR) is 106 cm³/mol. The van der Waals surface area contributed by atoms with E-state index in [9.17, 15) is 13.6 Å². The van der Waals surface area contributed by atoms with Crippen molar-refractivity contribution < 1.29 is 22.7 Å². The molecule has 152 valence electrons. The Balaban J connectivity index is 1.66. The highest BCUT2D eigenvalue weighted by Gasteiger charge is 2.21. The number of rotatable bonds is 2. The molecule has 2 saturated heterocycles. The summed E-state index contributed by atoms with van der Waals surface area (Å²) in [5.41, 5.74) is 0.869. The molecular weight excluding hydrogens is 382 g/mol. The number of benzene rings is 2. The molecule has 0 bridgehead atoms. The molecule has 0 saturated carbocycles. The van der Waals surface area contributed by atoms with Crippen LogP contribution in [0.2, 0.25) is 0 Å². The minimum absolute atomic E-state index is 0.102. The highest BCUT2D eigenvalue weighted by Crippen LogP contribution is 2.30. The molecule has 0 amide bonds. The van der Waals surface area contributed by atoms with Crippen molar-refractivity contribution in [2.45, 2.75) is 0 Å². The Morgan fingerprint density at radius 1 is 0.690 bits per heavy atom. The van der Waals surface area contributed by atoms with Gasteiger partial charge in [-0.2, -0.15) is 0 Å². The molecule has 6 nitrogen and oxygen atoms in total. The average molecular weight is 402 g/mol. The van der Waals surface area contributed by atoms with Crippen molar-refractivity contribution in [2.75, 3.05) is 62.4 Å². The van der Waals surface area contributed by atoms with Crippen LogP contribution in [0.4, 0.5) is 20.2 Å². The van der Waals surface area contributed by atoms with Crippen LogP contribution in [0.5, 0.6) is 0 Å². The van der Waals surface area contributed by atoms with Gasteiger partial charge in [-0.1, -0.05) is 0 Å². The van der Waals surface area contributed by atoms with Gasteiger partial charge < -0.3 is 23.7 Å². The lowest BCUT2D eigenvalue weighted by molar-refractivity contribution is 0.122. The second-order valence-electron chi connectivity index (χ2n) is 7.23. The Bertz CT molecular complexity index is 1050. The molecule has 5 rings (SSSR count). The van der Waals surface area contributed by atoms with Crippen molar-refractivity contribution in [1.29, 1.82) is 0 Å². The van der Waals surface area contributed by atoms with Crippen molar-refractivity contribution in [3.05, 3.63) is 46.1 Å². The zero-order valence-corrected chi connectivity index (χ0v) is 15.7. The molecule has 3 aromatic rings. The SMILES string of the molecule is O=c1c2cc(F)c(N3CCOCC3)cc2oc2cc(N3CCOCC3)c(F)cc12. The smallest absolute Gasteiger partial charge is 0.200 e. The highest BCUT2D eigenvalue weighted by atomic mass is 19.1. The molecule has 0 aliphatic carbocycles. The number of anilines is 2. The second kappa shape index (κ2) is 7.27. The predicted octanol–water partition coefficient (Wildman–Crippen LogP) is 2.90. The van der Waals surface area contributed by atoms with Crippen molar-refractivity contribution in [3.63, 3.8) is 0 Å². The number of morpholine rings is 2. The monoisotopic (exact) mass is 402 g/mol. The van der Waals surface area contributed by atoms with Gasteiger partial charge in [-0.3, -0.25) is 4.79 Å². The van der Waals surface area contributed by atoms with Crippen LogP contribution >= 0.6 is 0 Å². The van der Waals surface area contributed by atoms with Gasteiger partial charge in [-0.05, 0) is 12.1 Å². The Hall–Kier alpha value is -2.71. The minimum atomic E-state index is -0.503. The zero-order chi connectivity index (χ0) is 20.0. The number of hydrogen-bond acceptors (Lipinski definition) is 6. The topological polar surface area (TPSA) is 55.2 Å². The molecule has 0 N–H and O–H groups in total. The summed E-state index contributed by atoms with van der Waals surface area (Å²) in [6, 6.07) is 5.46. The summed E-state index contributed by atoms with van der Waals surface area (Å²) in [5, 5.41) is 0.205. The van der Waals surface area contributed by atoms with Gasteiger partial charge in [0.05, 0.1) is 48.6 Å². The molecule has 8 heteroatoms. The maximum atomic E-state index is 14.7. The molecule has 2 fully saturated rings. The first-order chi connectivity index (χ1) is 14.1. The highest BCUT2D eigenvalue weighted by molar-refractivity contribution is 5.92. The fourth-order valence-corrected chi connectivity index (χ4v) is 3.97. The van der Waals surface area contributed by atoms with E-state index in [-0.39, 0.29) is 21.9 Å². The number of nitrogens with zero attached hydrogens (tertiary/aromatic N) is 2. The zero-order valence-electron chi connectivity index (χ0n) is 15.7. The standard InChI is InChI=1S/C21H20F2N2O4/c22-15-9-13-19(11-17(15)24-1-5-27-6-2-24)29-20-12-18(25-3-7-28-8-4-25)16(23)10-14(20)21(13)26/h9-12H,1-8H2. The lowest BCUT2D eigenvalue weighted by Gasteiger charge is -2.29. The van der Waals surface area contributed by atoms with E-state index in [0.29, 0.717) is 64.0 Å². The van der Waals surface area contributed by atoms with Gasteiger partial charge >= 0.3 is 0 Å². The fourth-order valence-electron chi connectivity index (χ4n) is 3.97. The van der Waals surface area contributed by atoms with Crippen LogP contribution in [-0.2, 0) is 9.47 Å². The van der Waals surface area contributed by atoms with E-state index in [0.717, 1.165) is 0 Å². The number of fused-ring (bicyclic) bond motifs is 2. The van der Waals surface area contributed by atoms with Gasteiger partial charge in [0.15, 0.2) is 0 Å². The van der Waals surface area contributed by atoms with Crippen molar-refractivity contribution in [2.24, 2.45) is 0 Å². The van der Waals surface area contributed by atoms with Crippen molar-refractivity contribution in [3.8, 4) is 0 Å². The van der Waals surface area contributed by atoms with Crippen LogP contribution in [0.25, 0.3) is 21.9 Å². The lowest BCUT2D eigenvalue weighted by Crippen LogP contribution is -2.36. The number of hydrogen-bond donors (Lipinski definition) is 0. The largest absolute Gasteiger partial charge is 0.456 e. The van der Waals surface area contributed by atoms with E-state index in [1.807, 2.05) is 9.80 Å².